The van der Waals surface area contributed by atoms with Crippen LogP contribution in [0.15, 0.2) is 128 Å². The highest BCUT2D eigenvalue weighted by atomic mass is 16.5. The Morgan fingerprint density at radius 1 is 0.341 bits per heavy atom. The van der Waals surface area contributed by atoms with Crippen molar-refractivity contribution in [2.24, 2.45) is 0 Å². The van der Waals surface area contributed by atoms with E-state index in [9.17, 15) is 0 Å². The zero-order chi connectivity index (χ0) is 57.4. The number of unbranched alkanes of at least 4 members (excludes halogenated alkanes) is 12. The standard InChI is InChI=1S/C75H75N3O4/c1-7-13-17-23-41-79-68-49-58(11-5)45-61(51-68)30-32-64-47-63(53-70(54-64)81-43-25-19-15-9-3)29-28-60-35-38-72(77-57-60)73-39-37-67(75(78-73)74-27-21-22-40-76-74)36-34-66-48-65(55-71(56-66)82-44-26-20-16-10-4)33-31-62-46-59(12-6)50-69(52-62)80-42-24-18-14-8-2/h5-6,21-22,27,35,37-40,45-57H,7-10,13-20,23-26,41-44H2,1-4H3. The molecule has 0 atom stereocenters. The average molecular weight is 1080 g/mol. The van der Waals surface area contributed by atoms with Crippen LogP contribution in [0.1, 0.15) is 186 Å². The van der Waals surface area contributed by atoms with E-state index in [-0.39, 0.29) is 0 Å². The molecule has 4 aromatic carbocycles. The normalized spacial score (nSPS) is 10.3. The highest BCUT2D eigenvalue weighted by Gasteiger charge is 2.12. The summed E-state index contributed by atoms with van der Waals surface area (Å²) in [5.74, 6) is 35.2. The Morgan fingerprint density at radius 3 is 1.09 bits per heavy atom. The summed E-state index contributed by atoms with van der Waals surface area (Å²) in [6.07, 6.45) is 33.0. The first kappa shape index (κ1) is 60.5. The van der Waals surface area contributed by atoms with Crippen LogP contribution in [0.5, 0.6) is 23.0 Å². The molecule has 0 fully saturated rings. The number of aromatic nitrogens is 3. The molecule has 0 saturated carbocycles. The van der Waals surface area contributed by atoms with Crippen LogP contribution >= 0.6 is 0 Å². The first-order valence-electron chi connectivity index (χ1n) is 29.4. The van der Waals surface area contributed by atoms with Gasteiger partial charge in [0.2, 0.25) is 0 Å². The van der Waals surface area contributed by atoms with Crippen LogP contribution < -0.4 is 18.9 Å². The maximum absolute atomic E-state index is 6.31. The molecule has 3 aromatic heterocycles. The molecule has 0 spiro atoms. The van der Waals surface area contributed by atoms with Gasteiger partial charge < -0.3 is 18.9 Å². The minimum Gasteiger partial charge on any atom is -0.494 e. The van der Waals surface area contributed by atoms with Crippen molar-refractivity contribution in [3.8, 4) is 118 Å². The molecule has 7 nitrogen and oxygen atoms in total. The van der Waals surface area contributed by atoms with Gasteiger partial charge in [-0.05, 0) is 135 Å². The minimum absolute atomic E-state index is 0.602. The largest absolute Gasteiger partial charge is 0.494 e. The zero-order valence-corrected chi connectivity index (χ0v) is 48.4. The number of benzene rings is 4. The van der Waals surface area contributed by atoms with E-state index in [2.05, 4.69) is 91.9 Å². The molecular weight excluding hydrogens is 1010 g/mol. The van der Waals surface area contributed by atoms with Gasteiger partial charge in [0.25, 0.3) is 0 Å². The second kappa shape index (κ2) is 34.1. The number of rotatable bonds is 26. The number of hydrogen-bond donors (Lipinski definition) is 0. The Labute approximate surface area is 489 Å². The fourth-order valence-corrected chi connectivity index (χ4v) is 8.80. The molecule has 3 heterocycles. The molecule has 0 aliphatic carbocycles. The fourth-order valence-electron chi connectivity index (χ4n) is 8.80. The number of nitrogens with zero attached hydrogens (tertiary/aromatic N) is 3. The Balaban J connectivity index is 1.14. The summed E-state index contributed by atoms with van der Waals surface area (Å²) in [6.45, 7) is 11.3. The van der Waals surface area contributed by atoms with Crippen molar-refractivity contribution < 1.29 is 18.9 Å². The van der Waals surface area contributed by atoms with E-state index in [1.165, 1.54) is 38.5 Å². The van der Waals surface area contributed by atoms with E-state index in [0.29, 0.717) is 60.5 Å². The Hall–Kier alpha value is -9.11. The Bertz CT molecular complexity index is 3540. The molecule has 0 amide bonds. The third kappa shape index (κ3) is 20.5. The Morgan fingerprint density at radius 2 is 0.720 bits per heavy atom. The maximum Gasteiger partial charge on any atom is 0.121 e. The van der Waals surface area contributed by atoms with Crippen molar-refractivity contribution in [3.05, 3.63) is 183 Å². The van der Waals surface area contributed by atoms with Gasteiger partial charge in [-0.2, -0.15) is 0 Å². The van der Waals surface area contributed by atoms with Crippen LogP contribution in [0.4, 0.5) is 0 Å². The highest BCUT2D eigenvalue weighted by Crippen LogP contribution is 2.26. The number of hydrogen-bond acceptors (Lipinski definition) is 7. The van der Waals surface area contributed by atoms with Crippen molar-refractivity contribution in [2.75, 3.05) is 26.4 Å². The lowest BCUT2D eigenvalue weighted by Crippen LogP contribution is -1.98. The first-order chi connectivity index (χ1) is 40.3. The van der Waals surface area contributed by atoms with Crippen molar-refractivity contribution in [3.63, 3.8) is 0 Å². The molecule has 0 aliphatic rings. The molecule has 0 N–H and O–H groups in total. The van der Waals surface area contributed by atoms with Gasteiger partial charge in [0.05, 0.1) is 49.1 Å². The van der Waals surface area contributed by atoms with E-state index in [1.807, 2.05) is 115 Å². The van der Waals surface area contributed by atoms with E-state index < -0.39 is 0 Å². The molecule has 0 saturated heterocycles. The molecular formula is C75H75N3O4. The summed E-state index contributed by atoms with van der Waals surface area (Å²) in [4.78, 5) is 14.6. The van der Waals surface area contributed by atoms with Crippen LogP contribution in [0.3, 0.4) is 0 Å². The quantitative estimate of drug-likeness (QED) is 0.0395. The Kier molecular flexibility index (Phi) is 25.2. The summed E-state index contributed by atoms with van der Waals surface area (Å²) in [6, 6.07) is 36.9. The van der Waals surface area contributed by atoms with E-state index in [4.69, 9.17) is 41.8 Å². The van der Waals surface area contributed by atoms with Gasteiger partial charge in [-0.3, -0.25) is 9.97 Å². The first-order valence-corrected chi connectivity index (χ1v) is 29.4. The lowest BCUT2D eigenvalue weighted by atomic mass is 10.1. The average Bonchev–Trinajstić information content (AvgIpc) is 3.66. The fraction of sp³-hybridized carbons (Fsp3) is 0.320. The third-order valence-corrected chi connectivity index (χ3v) is 13.2. The van der Waals surface area contributed by atoms with Gasteiger partial charge in [0, 0.05) is 62.5 Å². The second-order valence-corrected chi connectivity index (χ2v) is 20.1. The summed E-state index contributed by atoms with van der Waals surface area (Å²) >= 11 is 0. The summed E-state index contributed by atoms with van der Waals surface area (Å²) in [5, 5.41) is 0. The smallest absolute Gasteiger partial charge is 0.121 e. The predicted octanol–water partition coefficient (Wildman–Crippen LogP) is 16.6. The monoisotopic (exact) mass is 1080 g/mol. The molecule has 7 aromatic rings. The van der Waals surface area contributed by atoms with Crippen molar-refractivity contribution in [1.29, 1.82) is 0 Å². The molecule has 414 valence electrons. The number of terminal acetylenes is 2. The maximum atomic E-state index is 6.31. The number of ether oxygens (including phenoxy) is 4. The number of pyridine rings is 3. The van der Waals surface area contributed by atoms with Gasteiger partial charge >= 0.3 is 0 Å². The summed E-state index contributed by atoms with van der Waals surface area (Å²) in [7, 11) is 0. The minimum atomic E-state index is 0.602. The van der Waals surface area contributed by atoms with E-state index >= 15 is 0 Å². The second-order valence-electron chi connectivity index (χ2n) is 20.1. The van der Waals surface area contributed by atoms with Gasteiger partial charge in [-0.1, -0.05) is 170 Å². The molecule has 7 rings (SSSR count). The van der Waals surface area contributed by atoms with Crippen LogP contribution in [0.25, 0.3) is 22.8 Å². The van der Waals surface area contributed by atoms with Crippen molar-refractivity contribution in [2.45, 2.75) is 130 Å². The van der Waals surface area contributed by atoms with Crippen LogP contribution in [-0.2, 0) is 0 Å². The third-order valence-electron chi connectivity index (χ3n) is 13.2. The lowest BCUT2D eigenvalue weighted by Gasteiger charge is -2.08. The molecule has 82 heavy (non-hydrogen) atoms. The van der Waals surface area contributed by atoms with E-state index in [1.54, 1.807) is 12.4 Å². The van der Waals surface area contributed by atoms with Crippen molar-refractivity contribution >= 4 is 0 Å². The van der Waals surface area contributed by atoms with Gasteiger partial charge in [-0.15, -0.1) is 12.8 Å². The molecule has 0 radical (unpaired) electrons. The van der Waals surface area contributed by atoms with Crippen molar-refractivity contribution in [1.82, 2.24) is 15.0 Å². The van der Waals surface area contributed by atoms with Gasteiger partial charge in [0.15, 0.2) is 0 Å². The lowest BCUT2D eigenvalue weighted by molar-refractivity contribution is 0.305. The SMILES string of the molecule is C#Cc1cc(C#Cc2cc(C#Cc3ccc(-c4ccc(C#Cc5cc(C#Cc6cc(C#C)cc(OCCCCCC)c6)cc(OCCCCCC)c5)c(-c5ccccn5)n4)nc3)cc(OCCCCCC)c2)cc(OCCCCCC)c1. The van der Waals surface area contributed by atoms with E-state index in [0.717, 1.165) is 132 Å². The molecule has 0 unspecified atom stereocenters. The van der Waals surface area contributed by atoms with Crippen LogP contribution in [0, 0.1) is 72.1 Å². The summed E-state index contributed by atoms with van der Waals surface area (Å²) < 4.78 is 24.8. The molecule has 7 heteroatoms. The summed E-state index contributed by atoms with van der Waals surface area (Å²) in [5.41, 5.74) is 10.2. The van der Waals surface area contributed by atoms with Crippen LogP contribution in [0.2, 0.25) is 0 Å². The molecule has 0 aliphatic heterocycles. The molecule has 0 bridgehead atoms. The van der Waals surface area contributed by atoms with Gasteiger partial charge in [-0.25, -0.2) is 4.98 Å². The topological polar surface area (TPSA) is 75.6 Å². The van der Waals surface area contributed by atoms with Crippen LogP contribution in [-0.4, -0.2) is 41.4 Å². The van der Waals surface area contributed by atoms with Gasteiger partial charge in [0.1, 0.15) is 28.7 Å². The predicted molar refractivity (Wildman–Crippen MR) is 335 cm³/mol. The zero-order valence-electron chi connectivity index (χ0n) is 48.4. The highest BCUT2D eigenvalue weighted by molar-refractivity contribution is 5.69.